The maximum absolute atomic E-state index is 12.4. The second-order valence-electron chi connectivity index (χ2n) is 5.30. The number of ether oxygens (including phenoxy) is 2. The predicted molar refractivity (Wildman–Crippen MR) is 99.4 cm³/mol. The third-order valence-electron chi connectivity index (χ3n) is 3.54. The highest BCUT2D eigenvalue weighted by atomic mass is 32.2. The average Bonchev–Trinajstić information content (AvgIpc) is 2.67. The van der Waals surface area contributed by atoms with Gasteiger partial charge in [0.15, 0.2) is 6.10 Å². The van der Waals surface area contributed by atoms with E-state index in [1.807, 2.05) is 12.3 Å². The zero-order valence-electron chi connectivity index (χ0n) is 14.6. The van der Waals surface area contributed by atoms with Crippen molar-refractivity contribution in [3.63, 3.8) is 0 Å². The van der Waals surface area contributed by atoms with E-state index in [0.29, 0.717) is 17.0 Å². The van der Waals surface area contributed by atoms with Crippen LogP contribution in [0.25, 0.3) is 0 Å². The summed E-state index contributed by atoms with van der Waals surface area (Å²) < 4.78 is 10.5. The lowest BCUT2D eigenvalue weighted by Crippen LogP contribution is -2.30. The molecule has 2 aromatic carbocycles. The van der Waals surface area contributed by atoms with Crippen LogP contribution in [0.2, 0.25) is 0 Å². The van der Waals surface area contributed by atoms with E-state index in [1.54, 1.807) is 36.4 Å². The van der Waals surface area contributed by atoms with Crippen LogP contribution < -0.4 is 10.1 Å². The molecule has 0 saturated carbocycles. The van der Waals surface area contributed by atoms with E-state index < -0.39 is 18.0 Å². The van der Waals surface area contributed by atoms with Crippen LogP contribution in [0, 0.1) is 11.3 Å². The third-order valence-corrected chi connectivity index (χ3v) is 4.27. The molecule has 0 aliphatic rings. The van der Waals surface area contributed by atoms with Gasteiger partial charge in [0.2, 0.25) is 0 Å². The van der Waals surface area contributed by atoms with E-state index in [9.17, 15) is 9.59 Å². The van der Waals surface area contributed by atoms with Gasteiger partial charge in [-0.05, 0) is 49.6 Å². The summed E-state index contributed by atoms with van der Waals surface area (Å²) in [4.78, 5) is 25.5. The minimum Gasteiger partial charge on any atom is -0.496 e. The Balaban J connectivity index is 2.06. The summed E-state index contributed by atoms with van der Waals surface area (Å²) in [6.45, 7) is 1.48. The van der Waals surface area contributed by atoms with Crippen LogP contribution in [-0.4, -0.2) is 31.3 Å². The monoisotopic (exact) mass is 370 g/mol. The number of amides is 1. The SMILES string of the molecule is COc1cc(SC)ccc1C(=O)O[C@H](C)C(=O)Nc1cccc(C#N)c1. The number of carbonyl (C=O) groups excluding carboxylic acids is 2. The number of rotatable bonds is 6. The number of nitrogens with zero attached hydrogens (tertiary/aromatic N) is 1. The molecule has 0 aliphatic heterocycles. The van der Waals surface area contributed by atoms with Crippen molar-refractivity contribution in [1.29, 1.82) is 5.26 Å². The lowest BCUT2D eigenvalue weighted by atomic mass is 10.2. The summed E-state index contributed by atoms with van der Waals surface area (Å²) in [5.74, 6) is -0.757. The van der Waals surface area contributed by atoms with Crippen LogP contribution in [0.4, 0.5) is 5.69 Å². The lowest BCUT2D eigenvalue weighted by Gasteiger charge is -2.15. The molecule has 26 heavy (non-hydrogen) atoms. The molecule has 1 amide bonds. The van der Waals surface area contributed by atoms with Gasteiger partial charge in [0, 0.05) is 10.6 Å². The van der Waals surface area contributed by atoms with E-state index in [0.717, 1.165) is 4.90 Å². The Labute approximate surface area is 156 Å². The van der Waals surface area contributed by atoms with E-state index in [-0.39, 0.29) is 5.56 Å². The van der Waals surface area contributed by atoms with E-state index >= 15 is 0 Å². The van der Waals surface area contributed by atoms with Crippen LogP contribution >= 0.6 is 11.8 Å². The second-order valence-corrected chi connectivity index (χ2v) is 6.18. The molecule has 134 valence electrons. The smallest absolute Gasteiger partial charge is 0.342 e. The van der Waals surface area contributed by atoms with Gasteiger partial charge >= 0.3 is 5.97 Å². The Morgan fingerprint density at radius 3 is 2.65 bits per heavy atom. The fourth-order valence-corrected chi connectivity index (χ4v) is 2.58. The number of hydrogen-bond donors (Lipinski definition) is 1. The van der Waals surface area contributed by atoms with Crippen molar-refractivity contribution in [2.75, 3.05) is 18.7 Å². The minimum atomic E-state index is -1.02. The van der Waals surface area contributed by atoms with E-state index in [2.05, 4.69) is 5.32 Å². The Morgan fingerprint density at radius 2 is 2.00 bits per heavy atom. The third kappa shape index (κ3) is 4.77. The number of anilines is 1. The zero-order valence-corrected chi connectivity index (χ0v) is 15.4. The van der Waals surface area contributed by atoms with Gasteiger partial charge in [-0.15, -0.1) is 11.8 Å². The molecule has 0 radical (unpaired) electrons. The molecule has 0 bridgehead atoms. The van der Waals surface area contributed by atoms with Crippen molar-refractivity contribution in [2.24, 2.45) is 0 Å². The highest BCUT2D eigenvalue weighted by Crippen LogP contribution is 2.26. The number of nitriles is 1. The Morgan fingerprint density at radius 1 is 1.23 bits per heavy atom. The van der Waals surface area contributed by atoms with Crippen molar-refractivity contribution in [3.8, 4) is 11.8 Å². The van der Waals surface area contributed by atoms with Crippen LogP contribution in [0.5, 0.6) is 5.75 Å². The fourth-order valence-electron chi connectivity index (χ4n) is 2.16. The molecule has 0 unspecified atom stereocenters. The Hall–Kier alpha value is -2.98. The molecule has 0 fully saturated rings. The van der Waals surface area contributed by atoms with Crippen LogP contribution in [0.15, 0.2) is 47.4 Å². The Bertz CT molecular complexity index is 861. The quantitative estimate of drug-likeness (QED) is 0.619. The van der Waals surface area contributed by atoms with E-state index in [1.165, 1.54) is 31.9 Å². The van der Waals surface area contributed by atoms with Crippen LogP contribution in [0.3, 0.4) is 0 Å². The molecule has 1 N–H and O–H groups in total. The highest BCUT2D eigenvalue weighted by Gasteiger charge is 2.21. The molecule has 6 nitrogen and oxygen atoms in total. The van der Waals surface area contributed by atoms with Gasteiger partial charge in [-0.1, -0.05) is 6.07 Å². The first-order valence-corrected chi connectivity index (χ1v) is 8.95. The van der Waals surface area contributed by atoms with Crippen molar-refractivity contribution in [1.82, 2.24) is 0 Å². The first kappa shape index (κ1) is 19.3. The first-order chi connectivity index (χ1) is 12.5. The highest BCUT2D eigenvalue weighted by molar-refractivity contribution is 7.98. The number of nitrogens with one attached hydrogen (secondary N) is 1. The molecule has 2 rings (SSSR count). The van der Waals surface area contributed by atoms with Gasteiger partial charge in [0.05, 0.1) is 18.7 Å². The summed E-state index contributed by atoms with van der Waals surface area (Å²) in [5, 5.41) is 11.5. The van der Waals surface area contributed by atoms with Gasteiger partial charge in [-0.2, -0.15) is 5.26 Å². The minimum absolute atomic E-state index is 0.247. The summed E-state index contributed by atoms with van der Waals surface area (Å²) in [5.41, 5.74) is 1.13. The number of thioether (sulfide) groups is 1. The van der Waals surface area contributed by atoms with Crippen molar-refractivity contribution in [3.05, 3.63) is 53.6 Å². The molecule has 0 aliphatic carbocycles. The van der Waals surface area contributed by atoms with Crippen molar-refractivity contribution >= 4 is 29.3 Å². The Kier molecular flexibility index (Phi) is 6.64. The molecule has 1 atom stereocenters. The number of esters is 1. The van der Waals surface area contributed by atoms with Crippen molar-refractivity contribution < 1.29 is 19.1 Å². The van der Waals surface area contributed by atoms with Crippen molar-refractivity contribution in [2.45, 2.75) is 17.9 Å². The molecule has 0 spiro atoms. The summed E-state index contributed by atoms with van der Waals surface area (Å²) >= 11 is 1.52. The standard InChI is InChI=1S/C19H18N2O4S/c1-12(18(22)21-14-6-4-5-13(9-14)11-20)25-19(23)16-8-7-15(26-3)10-17(16)24-2/h4-10,12H,1-3H3,(H,21,22)/t12-/m1/s1. The van der Waals surface area contributed by atoms with E-state index in [4.69, 9.17) is 14.7 Å². The number of carbonyl (C=O) groups is 2. The van der Waals surface area contributed by atoms with Gasteiger partial charge in [0.25, 0.3) is 5.91 Å². The maximum Gasteiger partial charge on any atom is 0.342 e. The number of methoxy groups -OCH3 is 1. The normalized spacial score (nSPS) is 11.2. The fraction of sp³-hybridized carbons (Fsp3) is 0.211. The summed E-state index contributed by atoms with van der Waals surface area (Å²) in [7, 11) is 1.47. The average molecular weight is 370 g/mol. The zero-order chi connectivity index (χ0) is 19.1. The molecule has 2 aromatic rings. The lowest BCUT2D eigenvalue weighted by molar-refractivity contribution is -0.123. The van der Waals surface area contributed by atoms with Crippen LogP contribution in [0.1, 0.15) is 22.8 Å². The van der Waals surface area contributed by atoms with Gasteiger partial charge in [-0.3, -0.25) is 4.79 Å². The molecular formula is C19H18N2O4S. The van der Waals surface area contributed by atoms with Gasteiger partial charge in [-0.25, -0.2) is 4.79 Å². The summed E-state index contributed by atoms with van der Waals surface area (Å²) in [6.07, 6.45) is 0.902. The first-order valence-electron chi connectivity index (χ1n) is 7.72. The number of benzene rings is 2. The summed E-state index contributed by atoms with van der Waals surface area (Å²) in [6, 6.07) is 13.6. The molecule has 7 heteroatoms. The van der Waals surface area contributed by atoms with Crippen LogP contribution in [-0.2, 0) is 9.53 Å². The molecule has 0 heterocycles. The largest absolute Gasteiger partial charge is 0.496 e. The number of hydrogen-bond acceptors (Lipinski definition) is 6. The maximum atomic E-state index is 12.4. The molecule has 0 saturated heterocycles. The second kappa shape index (κ2) is 8.92. The topological polar surface area (TPSA) is 88.4 Å². The predicted octanol–water partition coefficient (Wildman–Crippen LogP) is 3.47. The van der Waals surface area contributed by atoms with Gasteiger partial charge in [0.1, 0.15) is 11.3 Å². The molecular weight excluding hydrogens is 352 g/mol. The van der Waals surface area contributed by atoms with Gasteiger partial charge < -0.3 is 14.8 Å². The molecule has 0 aromatic heterocycles.